The van der Waals surface area contributed by atoms with E-state index in [1.54, 1.807) is 12.1 Å². The van der Waals surface area contributed by atoms with E-state index in [-0.39, 0.29) is 18.7 Å². The van der Waals surface area contributed by atoms with E-state index in [9.17, 15) is 19.2 Å². The topological polar surface area (TPSA) is 117 Å². The zero-order valence-electron chi connectivity index (χ0n) is 17.9. The third-order valence-electron chi connectivity index (χ3n) is 7.26. The van der Waals surface area contributed by atoms with Gasteiger partial charge in [0.25, 0.3) is 11.8 Å². The fourth-order valence-electron chi connectivity index (χ4n) is 5.47. The number of benzene rings is 1. The normalized spacial score (nSPS) is 27.2. The van der Waals surface area contributed by atoms with Crippen LogP contribution < -0.4 is 16.0 Å². The summed E-state index contributed by atoms with van der Waals surface area (Å²) in [4.78, 5) is 50.8. The second-order valence-electron chi connectivity index (χ2n) is 9.31. The molecule has 4 amide bonds. The van der Waals surface area contributed by atoms with Gasteiger partial charge in [-0.1, -0.05) is 12.1 Å². The van der Waals surface area contributed by atoms with Crippen molar-refractivity contribution in [1.29, 1.82) is 0 Å². The Balaban J connectivity index is 1.24. The van der Waals surface area contributed by atoms with Crippen molar-refractivity contribution >= 4 is 23.6 Å². The Hall–Kier alpha value is -2.62. The van der Waals surface area contributed by atoms with E-state index < -0.39 is 23.8 Å². The van der Waals surface area contributed by atoms with Crippen molar-refractivity contribution in [2.75, 3.05) is 26.3 Å². The molecule has 0 radical (unpaired) electrons. The van der Waals surface area contributed by atoms with Gasteiger partial charge in [0.1, 0.15) is 6.04 Å². The first-order valence-corrected chi connectivity index (χ1v) is 11.3. The van der Waals surface area contributed by atoms with Crippen LogP contribution in [0.1, 0.15) is 58.4 Å². The van der Waals surface area contributed by atoms with E-state index in [1.165, 1.54) is 0 Å². The summed E-state index contributed by atoms with van der Waals surface area (Å²) in [5.74, 6) is -1.90. The van der Waals surface area contributed by atoms with Crippen LogP contribution in [0.2, 0.25) is 0 Å². The minimum Gasteiger partial charge on any atom is -0.381 e. The quantitative estimate of drug-likeness (QED) is 0.565. The molecule has 2 unspecified atom stereocenters. The maximum Gasteiger partial charge on any atom is 0.262 e. The van der Waals surface area contributed by atoms with Crippen molar-refractivity contribution in [2.45, 2.75) is 50.7 Å². The molecule has 1 aromatic carbocycles. The average molecular weight is 441 g/mol. The Kier molecular flexibility index (Phi) is 5.56. The zero-order chi connectivity index (χ0) is 22.3. The van der Waals surface area contributed by atoms with Gasteiger partial charge in [0.15, 0.2) is 0 Å². The Morgan fingerprint density at radius 1 is 1.12 bits per heavy atom. The van der Waals surface area contributed by atoms with Crippen LogP contribution in [0.3, 0.4) is 0 Å². The van der Waals surface area contributed by atoms with Crippen molar-refractivity contribution in [2.24, 2.45) is 5.41 Å². The lowest BCUT2D eigenvalue weighted by atomic mass is 9.78. The predicted octanol–water partition coefficient (Wildman–Crippen LogP) is 0.336. The minimum atomic E-state index is -0.945. The standard InChI is InChI=1S/C23H28N4O5/c28-18-5-4-17(20(29)26-18)27-21(30)16-3-1-2-14(19(16)22(27)31)11-24-12-15-10-23(13-25-15)6-8-32-9-7-23/h1-3,15,17,24-25H,4-13H2,(H,26,28,29). The first-order valence-electron chi connectivity index (χ1n) is 11.3. The second kappa shape index (κ2) is 8.38. The number of fused-ring (bicyclic) bond motifs is 1. The monoisotopic (exact) mass is 440 g/mol. The highest BCUT2D eigenvalue weighted by molar-refractivity contribution is 6.24. The zero-order valence-corrected chi connectivity index (χ0v) is 17.9. The second-order valence-corrected chi connectivity index (χ2v) is 9.31. The summed E-state index contributed by atoms with van der Waals surface area (Å²) in [6.07, 6.45) is 3.56. The number of carbonyl (C=O) groups excluding carboxylic acids is 4. The van der Waals surface area contributed by atoms with E-state index in [0.29, 0.717) is 29.1 Å². The summed E-state index contributed by atoms with van der Waals surface area (Å²) >= 11 is 0. The van der Waals surface area contributed by atoms with E-state index in [1.807, 2.05) is 6.07 Å². The van der Waals surface area contributed by atoms with Crippen LogP contribution in [0.5, 0.6) is 0 Å². The molecular formula is C23H28N4O5. The van der Waals surface area contributed by atoms with Crippen LogP contribution in [-0.4, -0.2) is 66.9 Å². The Morgan fingerprint density at radius 3 is 2.72 bits per heavy atom. The third-order valence-corrected chi connectivity index (χ3v) is 7.26. The van der Waals surface area contributed by atoms with Crippen LogP contribution in [0.25, 0.3) is 0 Å². The number of carbonyl (C=O) groups is 4. The molecule has 32 heavy (non-hydrogen) atoms. The SMILES string of the molecule is O=C1CCC(N2C(=O)c3cccc(CNCC4CC5(CCOCC5)CN4)c3C2=O)C(=O)N1. The van der Waals surface area contributed by atoms with Crippen LogP contribution in [0.15, 0.2) is 18.2 Å². The van der Waals surface area contributed by atoms with Gasteiger partial charge < -0.3 is 15.4 Å². The summed E-state index contributed by atoms with van der Waals surface area (Å²) in [5.41, 5.74) is 1.76. The third kappa shape index (κ3) is 3.74. The number of nitrogens with one attached hydrogen (secondary N) is 3. The lowest BCUT2D eigenvalue weighted by molar-refractivity contribution is -0.136. The van der Waals surface area contributed by atoms with Crippen molar-refractivity contribution in [3.8, 4) is 0 Å². The predicted molar refractivity (Wildman–Crippen MR) is 114 cm³/mol. The number of amides is 4. The van der Waals surface area contributed by atoms with Crippen LogP contribution >= 0.6 is 0 Å². The highest BCUT2D eigenvalue weighted by Crippen LogP contribution is 2.38. The van der Waals surface area contributed by atoms with E-state index >= 15 is 0 Å². The average Bonchev–Trinajstić information content (AvgIpc) is 3.28. The number of imide groups is 2. The Bertz CT molecular complexity index is 971. The molecule has 4 heterocycles. The lowest BCUT2D eigenvalue weighted by Crippen LogP contribution is -2.54. The smallest absolute Gasteiger partial charge is 0.262 e. The van der Waals surface area contributed by atoms with Crippen molar-refractivity contribution in [3.63, 3.8) is 0 Å². The largest absolute Gasteiger partial charge is 0.381 e. The van der Waals surface area contributed by atoms with Gasteiger partial charge >= 0.3 is 0 Å². The maximum atomic E-state index is 13.2. The summed E-state index contributed by atoms with van der Waals surface area (Å²) in [7, 11) is 0. The molecule has 3 N–H and O–H groups in total. The van der Waals surface area contributed by atoms with Crippen LogP contribution in [0.4, 0.5) is 0 Å². The van der Waals surface area contributed by atoms with Crippen molar-refractivity contribution in [1.82, 2.24) is 20.9 Å². The molecule has 1 spiro atoms. The van der Waals surface area contributed by atoms with Gasteiger partial charge in [0, 0.05) is 45.3 Å². The minimum absolute atomic E-state index is 0.111. The molecule has 5 rings (SSSR count). The van der Waals surface area contributed by atoms with E-state index in [2.05, 4.69) is 16.0 Å². The van der Waals surface area contributed by atoms with E-state index in [0.717, 1.165) is 56.0 Å². The molecule has 170 valence electrons. The summed E-state index contributed by atoms with van der Waals surface area (Å²) < 4.78 is 5.51. The maximum absolute atomic E-state index is 13.2. The molecule has 3 fully saturated rings. The van der Waals surface area contributed by atoms with Gasteiger partial charge in [-0.05, 0) is 42.7 Å². The van der Waals surface area contributed by atoms with Crippen LogP contribution in [0, 0.1) is 5.41 Å². The van der Waals surface area contributed by atoms with E-state index in [4.69, 9.17) is 4.74 Å². The number of nitrogens with zero attached hydrogens (tertiary/aromatic N) is 1. The summed E-state index contributed by atoms with van der Waals surface area (Å²) in [5, 5.41) is 9.28. The highest BCUT2D eigenvalue weighted by Gasteiger charge is 2.45. The fraction of sp³-hybridized carbons (Fsp3) is 0.565. The van der Waals surface area contributed by atoms with Gasteiger partial charge in [-0.3, -0.25) is 29.4 Å². The Labute approximate surface area is 186 Å². The van der Waals surface area contributed by atoms with Gasteiger partial charge in [0.05, 0.1) is 11.1 Å². The molecule has 0 aliphatic carbocycles. The Morgan fingerprint density at radius 2 is 1.94 bits per heavy atom. The highest BCUT2D eigenvalue weighted by atomic mass is 16.5. The molecule has 0 saturated carbocycles. The molecule has 0 bridgehead atoms. The van der Waals surface area contributed by atoms with Crippen molar-refractivity contribution in [3.05, 3.63) is 34.9 Å². The lowest BCUT2D eigenvalue weighted by Gasteiger charge is -2.32. The summed E-state index contributed by atoms with van der Waals surface area (Å²) in [6.45, 7) is 3.90. The molecule has 0 aromatic heterocycles. The van der Waals surface area contributed by atoms with Gasteiger partial charge in [-0.15, -0.1) is 0 Å². The molecule has 2 atom stereocenters. The van der Waals surface area contributed by atoms with Gasteiger partial charge in [-0.2, -0.15) is 0 Å². The molecule has 1 aromatic rings. The molecular weight excluding hydrogens is 412 g/mol. The number of ether oxygens (including phenoxy) is 1. The molecule has 9 nitrogen and oxygen atoms in total. The number of hydrogen-bond donors (Lipinski definition) is 3. The number of piperidine rings is 1. The van der Waals surface area contributed by atoms with Gasteiger partial charge in [0.2, 0.25) is 11.8 Å². The molecule has 4 aliphatic heterocycles. The first-order chi connectivity index (χ1) is 15.5. The first kappa shape index (κ1) is 21.2. The van der Waals surface area contributed by atoms with Gasteiger partial charge in [-0.25, -0.2) is 0 Å². The van der Waals surface area contributed by atoms with Crippen molar-refractivity contribution < 1.29 is 23.9 Å². The molecule has 9 heteroatoms. The fourth-order valence-corrected chi connectivity index (χ4v) is 5.47. The summed E-state index contributed by atoms with van der Waals surface area (Å²) in [6, 6.07) is 4.65. The number of hydrogen-bond acceptors (Lipinski definition) is 7. The number of rotatable bonds is 5. The molecule has 3 saturated heterocycles. The van der Waals surface area contributed by atoms with Crippen LogP contribution in [-0.2, 0) is 20.9 Å². The molecule has 4 aliphatic rings.